The molecule has 1 heterocycles. The van der Waals surface area contributed by atoms with E-state index in [4.69, 9.17) is 23.2 Å². The molecular formula is C14H13Cl2FN2. The highest BCUT2D eigenvalue weighted by atomic mass is 35.5. The van der Waals surface area contributed by atoms with E-state index < -0.39 is 0 Å². The molecule has 0 radical (unpaired) electrons. The van der Waals surface area contributed by atoms with E-state index in [0.29, 0.717) is 21.6 Å². The van der Waals surface area contributed by atoms with Gasteiger partial charge in [-0.2, -0.15) is 0 Å². The van der Waals surface area contributed by atoms with Crippen LogP contribution in [0.4, 0.5) is 4.39 Å². The molecular weight excluding hydrogens is 286 g/mol. The van der Waals surface area contributed by atoms with E-state index in [9.17, 15) is 4.39 Å². The molecule has 0 aliphatic heterocycles. The molecule has 0 atom stereocenters. The molecule has 0 N–H and O–H groups in total. The fourth-order valence-corrected chi connectivity index (χ4v) is 2.55. The molecule has 5 heteroatoms. The normalized spacial score (nSPS) is 10.8. The summed E-state index contributed by atoms with van der Waals surface area (Å²) in [6.45, 7) is 3.86. The minimum absolute atomic E-state index is 0.232. The Kier molecular flexibility index (Phi) is 4.38. The van der Waals surface area contributed by atoms with Crippen molar-refractivity contribution in [1.29, 1.82) is 0 Å². The van der Waals surface area contributed by atoms with Crippen molar-refractivity contribution in [3.05, 3.63) is 56.8 Å². The summed E-state index contributed by atoms with van der Waals surface area (Å²) in [4.78, 5) is 8.57. The molecule has 0 aliphatic rings. The number of halogens is 3. The van der Waals surface area contributed by atoms with Crippen LogP contribution in [0.2, 0.25) is 10.2 Å². The number of hydrogen-bond donors (Lipinski definition) is 0. The molecule has 0 fully saturated rings. The van der Waals surface area contributed by atoms with E-state index in [1.807, 2.05) is 13.8 Å². The van der Waals surface area contributed by atoms with E-state index in [1.165, 1.54) is 6.07 Å². The van der Waals surface area contributed by atoms with Gasteiger partial charge in [0.25, 0.3) is 0 Å². The van der Waals surface area contributed by atoms with Gasteiger partial charge in [0.15, 0.2) is 0 Å². The van der Waals surface area contributed by atoms with Crippen molar-refractivity contribution in [3.63, 3.8) is 0 Å². The van der Waals surface area contributed by atoms with Crippen molar-refractivity contribution in [2.75, 3.05) is 0 Å². The average molecular weight is 299 g/mol. The minimum Gasteiger partial charge on any atom is -0.237 e. The maximum Gasteiger partial charge on any atom is 0.136 e. The van der Waals surface area contributed by atoms with Crippen molar-refractivity contribution in [2.24, 2.45) is 0 Å². The number of aryl methyl sites for hydroxylation is 1. The van der Waals surface area contributed by atoms with Gasteiger partial charge in [0.05, 0.1) is 0 Å². The largest absolute Gasteiger partial charge is 0.237 e. The first-order chi connectivity index (χ1) is 9.02. The Balaban J connectivity index is 2.39. The highest BCUT2D eigenvalue weighted by Gasteiger charge is 2.13. The van der Waals surface area contributed by atoms with Gasteiger partial charge in [-0.05, 0) is 25.5 Å². The van der Waals surface area contributed by atoms with Crippen LogP contribution in [-0.2, 0) is 12.8 Å². The SMILES string of the molecule is CCc1c(C)nc(Cc2c(F)cccc2Cl)nc1Cl. The smallest absolute Gasteiger partial charge is 0.136 e. The molecule has 0 bridgehead atoms. The zero-order valence-electron chi connectivity index (χ0n) is 10.7. The number of hydrogen-bond acceptors (Lipinski definition) is 2. The first kappa shape index (κ1) is 14.2. The van der Waals surface area contributed by atoms with Crippen LogP contribution in [0.15, 0.2) is 18.2 Å². The van der Waals surface area contributed by atoms with Crippen molar-refractivity contribution < 1.29 is 4.39 Å². The summed E-state index contributed by atoms with van der Waals surface area (Å²) < 4.78 is 13.7. The Morgan fingerprint density at radius 2 is 1.89 bits per heavy atom. The van der Waals surface area contributed by atoms with Crippen molar-refractivity contribution >= 4 is 23.2 Å². The van der Waals surface area contributed by atoms with Crippen LogP contribution in [0.25, 0.3) is 0 Å². The fraction of sp³-hybridized carbons (Fsp3) is 0.286. The average Bonchev–Trinajstić information content (AvgIpc) is 2.34. The summed E-state index contributed by atoms with van der Waals surface area (Å²) in [5, 5.41) is 0.800. The molecule has 0 saturated heterocycles. The molecule has 19 heavy (non-hydrogen) atoms. The number of nitrogens with zero attached hydrogens (tertiary/aromatic N) is 2. The molecule has 2 aromatic rings. The number of benzene rings is 1. The monoisotopic (exact) mass is 298 g/mol. The minimum atomic E-state index is -0.357. The van der Waals surface area contributed by atoms with Crippen LogP contribution < -0.4 is 0 Å². The van der Waals surface area contributed by atoms with Gasteiger partial charge >= 0.3 is 0 Å². The lowest BCUT2D eigenvalue weighted by Gasteiger charge is -2.09. The standard InChI is InChI=1S/C14H13Cl2FN2/c1-3-9-8(2)18-13(19-14(9)16)7-10-11(15)5-4-6-12(10)17/h4-6H,3,7H2,1-2H3. The third-order valence-electron chi connectivity index (χ3n) is 2.96. The van der Waals surface area contributed by atoms with Gasteiger partial charge in [-0.1, -0.05) is 36.2 Å². The number of rotatable bonds is 3. The molecule has 0 aliphatic carbocycles. The lowest BCUT2D eigenvalue weighted by molar-refractivity contribution is 0.612. The summed E-state index contributed by atoms with van der Waals surface area (Å²) in [6, 6.07) is 4.59. The van der Waals surface area contributed by atoms with Gasteiger partial charge in [0.2, 0.25) is 0 Å². The second-order valence-electron chi connectivity index (χ2n) is 4.23. The van der Waals surface area contributed by atoms with Crippen LogP contribution >= 0.6 is 23.2 Å². The Morgan fingerprint density at radius 1 is 1.16 bits per heavy atom. The van der Waals surface area contributed by atoms with Gasteiger partial charge in [-0.15, -0.1) is 0 Å². The first-order valence-corrected chi connectivity index (χ1v) is 6.73. The molecule has 2 nitrogen and oxygen atoms in total. The van der Waals surface area contributed by atoms with Crippen LogP contribution in [0.3, 0.4) is 0 Å². The fourth-order valence-electron chi connectivity index (χ4n) is 1.96. The quantitative estimate of drug-likeness (QED) is 0.786. The predicted molar refractivity (Wildman–Crippen MR) is 75.4 cm³/mol. The van der Waals surface area contributed by atoms with E-state index in [2.05, 4.69) is 9.97 Å². The molecule has 2 rings (SSSR count). The van der Waals surface area contributed by atoms with Crippen molar-refractivity contribution in [3.8, 4) is 0 Å². The molecule has 0 spiro atoms. The highest BCUT2D eigenvalue weighted by Crippen LogP contribution is 2.23. The third kappa shape index (κ3) is 3.04. The second kappa shape index (κ2) is 5.85. The van der Waals surface area contributed by atoms with E-state index in [0.717, 1.165) is 17.7 Å². The third-order valence-corrected chi connectivity index (χ3v) is 3.63. The molecule has 1 aromatic heterocycles. The summed E-state index contributed by atoms with van der Waals surface area (Å²) in [5.74, 6) is 0.121. The van der Waals surface area contributed by atoms with Gasteiger partial charge in [0.1, 0.15) is 16.8 Å². The molecule has 0 amide bonds. The van der Waals surface area contributed by atoms with Gasteiger partial charge < -0.3 is 0 Å². The van der Waals surface area contributed by atoms with Gasteiger partial charge in [0, 0.05) is 28.3 Å². The van der Waals surface area contributed by atoms with E-state index >= 15 is 0 Å². The number of aromatic nitrogens is 2. The van der Waals surface area contributed by atoms with Crippen molar-refractivity contribution in [1.82, 2.24) is 9.97 Å². The van der Waals surface area contributed by atoms with Crippen LogP contribution in [0.1, 0.15) is 29.6 Å². The van der Waals surface area contributed by atoms with E-state index in [1.54, 1.807) is 12.1 Å². The Hall–Kier alpha value is -1.19. The van der Waals surface area contributed by atoms with Crippen molar-refractivity contribution in [2.45, 2.75) is 26.7 Å². The summed E-state index contributed by atoms with van der Waals surface area (Å²) in [5.41, 5.74) is 2.14. The molecule has 0 saturated carbocycles. The van der Waals surface area contributed by atoms with Gasteiger partial charge in [-0.3, -0.25) is 0 Å². The van der Waals surface area contributed by atoms with Crippen LogP contribution in [0, 0.1) is 12.7 Å². The topological polar surface area (TPSA) is 25.8 Å². The molecule has 1 aromatic carbocycles. The first-order valence-electron chi connectivity index (χ1n) is 5.97. The second-order valence-corrected chi connectivity index (χ2v) is 4.99. The summed E-state index contributed by atoms with van der Waals surface area (Å²) in [7, 11) is 0. The summed E-state index contributed by atoms with van der Waals surface area (Å²) >= 11 is 12.1. The van der Waals surface area contributed by atoms with Gasteiger partial charge in [-0.25, -0.2) is 14.4 Å². The maximum absolute atomic E-state index is 13.7. The highest BCUT2D eigenvalue weighted by molar-refractivity contribution is 6.31. The van der Waals surface area contributed by atoms with Crippen LogP contribution in [0.5, 0.6) is 0 Å². The van der Waals surface area contributed by atoms with E-state index in [-0.39, 0.29) is 12.2 Å². The summed E-state index contributed by atoms with van der Waals surface area (Å²) in [6.07, 6.45) is 1.00. The lowest BCUT2D eigenvalue weighted by Crippen LogP contribution is -2.04. The molecule has 0 unspecified atom stereocenters. The predicted octanol–water partition coefficient (Wildman–Crippen LogP) is 4.38. The maximum atomic E-state index is 13.7. The Morgan fingerprint density at radius 3 is 2.47 bits per heavy atom. The zero-order valence-corrected chi connectivity index (χ0v) is 12.2. The Labute approximate surface area is 121 Å². The van der Waals surface area contributed by atoms with Crippen LogP contribution in [-0.4, -0.2) is 9.97 Å². The zero-order chi connectivity index (χ0) is 14.0. The lowest BCUT2D eigenvalue weighted by atomic mass is 10.1. The Bertz CT molecular complexity index is 571. The molecule has 100 valence electrons.